The van der Waals surface area contributed by atoms with Crippen molar-refractivity contribution in [2.24, 2.45) is 0 Å². The van der Waals surface area contributed by atoms with Crippen molar-refractivity contribution in [2.75, 3.05) is 0 Å². The van der Waals surface area contributed by atoms with E-state index in [4.69, 9.17) is 9.72 Å². The summed E-state index contributed by atoms with van der Waals surface area (Å²) < 4.78 is 13.9. The van der Waals surface area contributed by atoms with Crippen molar-refractivity contribution >= 4 is 61.7 Å². The number of pyridine rings is 1. The van der Waals surface area contributed by atoms with E-state index >= 15 is 0 Å². The molecule has 95 heavy (non-hydrogen) atoms. The molecular weight excluding hydrogens is 1170 g/mol. The Hall–Kier alpha value is -11.7. The van der Waals surface area contributed by atoms with E-state index < -0.39 is 8.07 Å². The maximum absolute atomic E-state index is 7.03. The Morgan fingerprint density at radius 2 is 0.926 bits per heavy atom. The van der Waals surface area contributed by atoms with Crippen LogP contribution in [-0.4, -0.2) is 22.2 Å². The van der Waals surface area contributed by atoms with E-state index in [9.17, 15) is 0 Å². The number of benzene rings is 13. The predicted molar refractivity (Wildman–Crippen MR) is 393 cm³/mol. The van der Waals surface area contributed by atoms with Gasteiger partial charge in [-0.2, -0.15) is 0 Å². The van der Waals surface area contributed by atoms with Gasteiger partial charge >= 0.3 is 0 Å². The molecule has 0 unspecified atom stereocenters. The van der Waals surface area contributed by atoms with E-state index in [1.54, 1.807) is 0 Å². The average molecular weight is 1230 g/mol. The highest BCUT2D eigenvalue weighted by molar-refractivity contribution is 7.20. The normalized spacial score (nSPS) is 12.5. The van der Waals surface area contributed by atoms with Crippen LogP contribution in [-0.2, 0) is 5.41 Å². The minimum absolute atomic E-state index is 0.0467. The zero-order valence-corrected chi connectivity index (χ0v) is 54.0. The van der Waals surface area contributed by atoms with Crippen molar-refractivity contribution < 1.29 is 9.30 Å². The molecule has 0 radical (unpaired) electrons. The molecule has 1 aliphatic carbocycles. The molecule has 0 atom stereocenters. The molecule has 13 aromatic carbocycles. The van der Waals surface area contributed by atoms with E-state index in [-0.39, 0.29) is 11.3 Å². The van der Waals surface area contributed by atoms with Gasteiger partial charge in [0, 0.05) is 29.0 Å². The van der Waals surface area contributed by atoms with Crippen molar-refractivity contribution in [3.05, 3.63) is 356 Å². The van der Waals surface area contributed by atoms with Gasteiger partial charge < -0.3 is 4.74 Å². The second-order valence-corrected chi connectivity index (χ2v) is 30.1. The highest BCUT2D eigenvalue weighted by Gasteiger charge is 2.42. The summed E-state index contributed by atoms with van der Waals surface area (Å²) in [6.45, 7) is 6.74. The highest BCUT2D eigenvalue weighted by Crippen LogP contribution is 2.51. The molecule has 0 spiro atoms. The first kappa shape index (κ1) is 56.1. The third-order valence-corrected chi connectivity index (χ3v) is 24.8. The zero-order valence-electron chi connectivity index (χ0n) is 53.0. The van der Waals surface area contributed by atoms with Crippen molar-refractivity contribution in [1.82, 2.24) is 14.1 Å². The van der Waals surface area contributed by atoms with Crippen LogP contribution in [0.2, 0.25) is 0 Å². The molecule has 0 saturated carbocycles. The topological polar surface area (TPSA) is 35.9 Å². The van der Waals surface area contributed by atoms with Crippen molar-refractivity contribution in [1.29, 1.82) is 0 Å². The second kappa shape index (κ2) is 22.3. The Labute approximate surface area is 554 Å². The zero-order chi connectivity index (χ0) is 63.4. The molecule has 0 bridgehead atoms. The Balaban J connectivity index is 0.860. The average Bonchev–Trinajstić information content (AvgIpc) is 1.71. The number of hydrogen-bond acceptors (Lipinski definition) is 2. The molecule has 0 saturated heterocycles. The van der Waals surface area contributed by atoms with Gasteiger partial charge in [-0.25, -0.2) is 4.98 Å². The lowest BCUT2D eigenvalue weighted by atomic mass is 9.83. The van der Waals surface area contributed by atoms with Gasteiger partial charge in [-0.1, -0.05) is 282 Å². The van der Waals surface area contributed by atoms with E-state index in [0.717, 1.165) is 89.2 Å². The molecule has 2 aliphatic rings. The Bertz CT molecular complexity index is 5560. The summed E-state index contributed by atoms with van der Waals surface area (Å²) in [5, 5.41) is 7.58. The van der Waals surface area contributed by atoms with Gasteiger partial charge in [-0.15, -0.1) is 0 Å². The second-order valence-electron chi connectivity index (χ2n) is 26.3. The Kier molecular flexibility index (Phi) is 13.1. The van der Waals surface area contributed by atoms with Crippen LogP contribution >= 0.6 is 0 Å². The van der Waals surface area contributed by atoms with Crippen molar-refractivity contribution in [3.8, 4) is 84.3 Å². The quantitative estimate of drug-likeness (QED) is 0.0592. The fourth-order valence-electron chi connectivity index (χ4n) is 15.7. The monoisotopic (exact) mass is 1230 g/mol. The molecule has 0 N–H and O–H groups in total. The first-order valence-corrected chi connectivity index (χ1v) is 34.9. The molecule has 3 aromatic heterocycles. The van der Waals surface area contributed by atoms with Crippen LogP contribution in [0, 0.1) is 6.33 Å². The first-order valence-electron chi connectivity index (χ1n) is 32.9. The fourth-order valence-corrected chi connectivity index (χ4v) is 20.5. The summed E-state index contributed by atoms with van der Waals surface area (Å²) in [6.07, 6.45) is 6.04. The number of aromatic nitrogens is 4. The van der Waals surface area contributed by atoms with Gasteiger partial charge in [0.2, 0.25) is 0 Å². The van der Waals surface area contributed by atoms with E-state index in [2.05, 4.69) is 362 Å². The number of fused-ring (bicyclic) bond motifs is 13. The number of rotatable bonds is 10. The van der Waals surface area contributed by atoms with Crippen LogP contribution in [0.5, 0.6) is 11.5 Å². The fraction of sp³-hybridized carbons (Fsp3) is 0.0562. The minimum Gasteiger partial charge on any atom is -0.458 e. The van der Waals surface area contributed by atoms with Crippen LogP contribution in [0.1, 0.15) is 48.9 Å². The van der Waals surface area contributed by atoms with E-state index in [1.807, 2.05) is 6.20 Å². The van der Waals surface area contributed by atoms with Gasteiger partial charge in [0.15, 0.2) is 8.07 Å². The SMILES string of the molecule is CC(C)(C)c1ccnc(-n2c3ccccc3c3ccc(Oc4cccc(-n5[c-][n+]6c7c(cccc75)-c5ccccc5-c5ccc([Si](c7ccccc7)(c7ccccc7)c7ccccc7)cc5-c5ccc(-c7ccccc7C7c8ccccc8-c8ccccc87)cc5-6)c4)cc32)c1. The molecule has 6 heteroatoms. The number of nitrogens with zero attached hydrogens (tertiary/aromatic N) is 4. The molecule has 5 nitrogen and oxygen atoms in total. The van der Waals surface area contributed by atoms with Gasteiger partial charge in [-0.05, 0) is 159 Å². The Morgan fingerprint density at radius 1 is 0.389 bits per heavy atom. The van der Waals surface area contributed by atoms with Gasteiger partial charge in [0.1, 0.15) is 17.3 Å². The number of ether oxygens (including phenoxy) is 1. The van der Waals surface area contributed by atoms with Gasteiger partial charge in [0.05, 0.1) is 33.4 Å². The summed E-state index contributed by atoms with van der Waals surface area (Å²) in [6, 6.07) is 119. The lowest BCUT2D eigenvalue weighted by Crippen LogP contribution is -2.74. The van der Waals surface area contributed by atoms with Gasteiger partial charge in [-0.3, -0.25) is 13.7 Å². The molecule has 0 amide bonds. The lowest BCUT2D eigenvalue weighted by Gasteiger charge is -2.35. The predicted octanol–water partition coefficient (Wildman–Crippen LogP) is 18.8. The third kappa shape index (κ3) is 9.04. The van der Waals surface area contributed by atoms with Crippen LogP contribution in [0.4, 0.5) is 0 Å². The summed E-state index contributed by atoms with van der Waals surface area (Å²) in [5.74, 6) is 2.36. The van der Waals surface area contributed by atoms with Crippen LogP contribution in [0.15, 0.2) is 328 Å². The maximum atomic E-state index is 7.03. The van der Waals surface area contributed by atoms with Crippen LogP contribution < -0.4 is 30.1 Å². The molecule has 18 rings (SSSR count). The summed E-state index contributed by atoms with van der Waals surface area (Å²) in [4.78, 5) is 4.97. The molecule has 4 heterocycles. The van der Waals surface area contributed by atoms with Crippen molar-refractivity contribution in [2.45, 2.75) is 32.1 Å². The van der Waals surface area contributed by atoms with E-state index in [1.165, 1.54) is 65.3 Å². The van der Waals surface area contributed by atoms with Crippen LogP contribution in [0.25, 0.3) is 106 Å². The lowest BCUT2D eigenvalue weighted by molar-refractivity contribution is -0.571. The molecule has 16 aromatic rings. The van der Waals surface area contributed by atoms with Gasteiger partial charge in [0.25, 0.3) is 6.33 Å². The number of imidazole rings is 1. The largest absolute Gasteiger partial charge is 0.458 e. The number of para-hydroxylation sites is 2. The molecule has 1 aliphatic heterocycles. The molecule has 0 fully saturated rings. The van der Waals surface area contributed by atoms with Crippen LogP contribution in [0.3, 0.4) is 0 Å². The standard InChI is InChI=1S/C89H64N4OSi/c1-89(2,3)60-51-52-90-86(54-60)93-82-43-22-21-38-74(82)75-49-46-63(56-85(75)93)94-62-26-23-25-61(55-62)91-58-92-84-53-59(68-33-13-18-39-77(68)87-78-40-19-16-35-70(78)71-36-17-20-41-79(71)87)45-48-76(84)81-57-67(47-50-73(81)69-34-14-15-37-72(69)80-42-24-44-83(91)88(80)92)95(64-27-7-4-8-28-64,65-29-9-5-10-30-65)66-31-11-6-12-32-66/h4-57,87H,1-3H3. The minimum atomic E-state index is -3.03. The van der Waals surface area contributed by atoms with Crippen molar-refractivity contribution in [3.63, 3.8) is 0 Å². The molecular formula is C89H64N4OSi. The summed E-state index contributed by atoms with van der Waals surface area (Å²) in [5.41, 5.74) is 23.0. The summed E-state index contributed by atoms with van der Waals surface area (Å²) in [7, 11) is -3.03. The number of hydrogen-bond donors (Lipinski definition) is 0. The van der Waals surface area contributed by atoms with E-state index in [0.29, 0.717) is 5.75 Å². The molecule has 450 valence electrons. The smallest absolute Gasteiger partial charge is 0.269 e. The Morgan fingerprint density at radius 3 is 1.61 bits per heavy atom. The highest BCUT2D eigenvalue weighted by atomic mass is 28.3. The maximum Gasteiger partial charge on any atom is 0.269 e. The third-order valence-electron chi connectivity index (χ3n) is 20.0. The summed E-state index contributed by atoms with van der Waals surface area (Å²) >= 11 is 0. The first-order chi connectivity index (χ1) is 46.8.